The molecule has 1 aliphatic carbocycles. The molecule has 26 heavy (non-hydrogen) atoms. The summed E-state index contributed by atoms with van der Waals surface area (Å²) in [6, 6.07) is 1.85. The molecule has 0 aliphatic heterocycles. The normalized spacial score (nSPS) is 16.2. The van der Waals surface area contributed by atoms with Crippen molar-refractivity contribution >= 4 is 11.5 Å². The van der Waals surface area contributed by atoms with Crippen LogP contribution >= 0.6 is 0 Å². The highest BCUT2D eigenvalue weighted by atomic mass is 16.5. The van der Waals surface area contributed by atoms with Crippen LogP contribution in [0.25, 0.3) is 5.70 Å². The van der Waals surface area contributed by atoms with E-state index in [1.807, 2.05) is 43.7 Å². The molecule has 0 N–H and O–H groups in total. The molecule has 0 fully saturated rings. The Hall–Kier alpha value is -2.56. The molecule has 0 aromatic carbocycles. The first-order valence-electron chi connectivity index (χ1n) is 8.92. The molecule has 0 amide bonds. The summed E-state index contributed by atoms with van der Waals surface area (Å²) in [6.07, 6.45) is 7.95. The van der Waals surface area contributed by atoms with Gasteiger partial charge < -0.3 is 9.47 Å². The lowest BCUT2D eigenvalue weighted by molar-refractivity contribution is 0.0921. The van der Waals surface area contributed by atoms with Crippen LogP contribution in [0.4, 0.5) is 0 Å². The molecular weight excluding hydrogens is 328 g/mol. The molecular formula is C21H28N2O3. The Morgan fingerprint density at radius 3 is 2.69 bits per heavy atom. The van der Waals surface area contributed by atoms with Crippen molar-refractivity contribution in [3.63, 3.8) is 0 Å². The van der Waals surface area contributed by atoms with E-state index < -0.39 is 0 Å². The summed E-state index contributed by atoms with van der Waals surface area (Å²) in [6.45, 7) is 9.72. The monoisotopic (exact) mass is 356 g/mol. The Bertz CT molecular complexity index is 781. The second kappa shape index (κ2) is 8.70. The third kappa shape index (κ3) is 3.98. The van der Waals surface area contributed by atoms with Crippen LogP contribution in [0.1, 0.15) is 49.3 Å². The lowest BCUT2D eigenvalue weighted by Crippen LogP contribution is -2.13. The van der Waals surface area contributed by atoms with Gasteiger partial charge in [-0.15, -0.1) is 0 Å². The molecule has 1 heterocycles. The Labute approximate surface area is 155 Å². The van der Waals surface area contributed by atoms with Crippen molar-refractivity contribution in [1.82, 2.24) is 9.78 Å². The van der Waals surface area contributed by atoms with Crippen LogP contribution in [0, 0.1) is 12.8 Å². The second-order valence-electron chi connectivity index (χ2n) is 6.41. The number of allylic oxidation sites excluding steroid dienone is 6. The van der Waals surface area contributed by atoms with Crippen LogP contribution in [-0.4, -0.2) is 29.8 Å². The number of hydrogen-bond donors (Lipinski definition) is 0. The molecule has 140 valence electrons. The van der Waals surface area contributed by atoms with E-state index >= 15 is 0 Å². The van der Waals surface area contributed by atoms with Crippen LogP contribution in [-0.2, 0) is 9.47 Å². The number of aryl methyl sites for hydroxylation is 1. The number of hydrogen-bond acceptors (Lipinski definition) is 4. The number of aromatic nitrogens is 2. The number of carbonyl (C=O) groups is 1. The maximum atomic E-state index is 12.5. The van der Waals surface area contributed by atoms with Gasteiger partial charge in [-0.2, -0.15) is 5.10 Å². The molecule has 0 radical (unpaired) electrons. The number of ketones is 1. The minimum Gasteiger partial charge on any atom is -0.497 e. The van der Waals surface area contributed by atoms with Crippen LogP contribution in [0.3, 0.4) is 0 Å². The molecule has 0 spiro atoms. The Morgan fingerprint density at radius 2 is 2.12 bits per heavy atom. The lowest BCUT2D eigenvalue weighted by atomic mass is 9.99. The molecule has 1 aromatic heterocycles. The summed E-state index contributed by atoms with van der Waals surface area (Å²) in [7, 11) is 3.28. The van der Waals surface area contributed by atoms with Crippen molar-refractivity contribution in [2.75, 3.05) is 14.2 Å². The number of methoxy groups -OCH3 is 2. The number of Topliss-reactive ketones (excluding diaryl/α,β-unsaturated/α-hetero) is 1. The molecule has 1 unspecified atom stereocenters. The first-order valence-corrected chi connectivity index (χ1v) is 8.92. The van der Waals surface area contributed by atoms with Gasteiger partial charge >= 0.3 is 0 Å². The molecule has 5 nitrogen and oxygen atoms in total. The van der Waals surface area contributed by atoms with Crippen LogP contribution in [0.2, 0.25) is 0 Å². The van der Waals surface area contributed by atoms with Gasteiger partial charge in [-0.05, 0) is 43.6 Å². The van der Waals surface area contributed by atoms with Crippen molar-refractivity contribution in [2.24, 2.45) is 5.92 Å². The fraction of sp³-hybridized carbons (Fsp3) is 0.429. The van der Waals surface area contributed by atoms with Gasteiger partial charge in [-0.3, -0.25) is 4.79 Å². The maximum absolute atomic E-state index is 12.5. The number of ether oxygens (including phenoxy) is 2. The van der Waals surface area contributed by atoms with E-state index in [4.69, 9.17) is 9.47 Å². The minimum atomic E-state index is -0.0363. The van der Waals surface area contributed by atoms with Gasteiger partial charge in [0.15, 0.2) is 11.5 Å². The van der Waals surface area contributed by atoms with Gasteiger partial charge in [-0.1, -0.05) is 26.5 Å². The second-order valence-corrected chi connectivity index (χ2v) is 6.41. The predicted molar refractivity (Wildman–Crippen MR) is 104 cm³/mol. The standard InChI is InChI=1S/C21H28N2O3/c1-7-9-18(16-10-11-19(25-5)20(13-16)26-6)23-15(4)12-17(22-23)21(24)14(3)8-2/h7,9,12-14H,1,8,10-11H2,2-6H3/b18-9-. The third-order valence-corrected chi connectivity index (χ3v) is 4.70. The molecule has 2 rings (SSSR count). The van der Waals surface area contributed by atoms with Gasteiger partial charge in [0, 0.05) is 18.0 Å². The summed E-state index contributed by atoms with van der Waals surface area (Å²) >= 11 is 0. The summed E-state index contributed by atoms with van der Waals surface area (Å²) in [5.74, 6) is 1.58. The zero-order chi connectivity index (χ0) is 19.3. The van der Waals surface area contributed by atoms with E-state index in [9.17, 15) is 4.79 Å². The van der Waals surface area contributed by atoms with Crippen molar-refractivity contribution < 1.29 is 14.3 Å². The first-order chi connectivity index (χ1) is 12.5. The average molecular weight is 356 g/mol. The van der Waals surface area contributed by atoms with Crippen LogP contribution in [0.15, 0.2) is 48.0 Å². The smallest absolute Gasteiger partial charge is 0.185 e. The molecule has 0 saturated carbocycles. The van der Waals surface area contributed by atoms with E-state index in [-0.39, 0.29) is 11.7 Å². The highest BCUT2D eigenvalue weighted by molar-refractivity contribution is 5.96. The van der Waals surface area contributed by atoms with Crippen molar-refractivity contribution in [1.29, 1.82) is 0 Å². The summed E-state index contributed by atoms with van der Waals surface area (Å²) in [5.41, 5.74) is 3.37. The maximum Gasteiger partial charge on any atom is 0.185 e. The van der Waals surface area contributed by atoms with Gasteiger partial charge in [0.25, 0.3) is 0 Å². The SMILES string of the molecule is C=C/C=C(/C1=CC(OC)=C(OC)CC1)n1nc(C(=O)C(C)CC)cc1C. The Morgan fingerprint density at radius 1 is 1.38 bits per heavy atom. The molecule has 0 bridgehead atoms. The minimum absolute atomic E-state index is 0.0363. The van der Waals surface area contributed by atoms with Gasteiger partial charge in [0.05, 0.1) is 19.9 Å². The van der Waals surface area contributed by atoms with E-state index in [0.717, 1.165) is 42.0 Å². The lowest BCUT2D eigenvalue weighted by Gasteiger charge is -2.20. The molecule has 1 atom stereocenters. The van der Waals surface area contributed by atoms with E-state index in [1.54, 1.807) is 20.3 Å². The zero-order valence-electron chi connectivity index (χ0n) is 16.3. The van der Waals surface area contributed by atoms with E-state index in [0.29, 0.717) is 11.5 Å². The molecule has 5 heteroatoms. The van der Waals surface area contributed by atoms with Crippen LogP contribution < -0.4 is 0 Å². The fourth-order valence-electron chi connectivity index (χ4n) is 2.96. The fourth-order valence-corrected chi connectivity index (χ4v) is 2.96. The van der Waals surface area contributed by atoms with E-state index in [2.05, 4.69) is 11.7 Å². The largest absolute Gasteiger partial charge is 0.497 e. The quantitative estimate of drug-likeness (QED) is 0.502. The van der Waals surface area contributed by atoms with E-state index in [1.165, 1.54) is 0 Å². The van der Waals surface area contributed by atoms with Crippen molar-refractivity contribution in [3.05, 3.63) is 59.4 Å². The zero-order valence-corrected chi connectivity index (χ0v) is 16.3. The van der Waals surface area contributed by atoms with Gasteiger partial charge in [-0.25, -0.2) is 4.68 Å². The van der Waals surface area contributed by atoms with Crippen LogP contribution in [0.5, 0.6) is 0 Å². The highest BCUT2D eigenvalue weighted by Crippen LogP contribution is 2.32. The van der Waals surface area contributed by atoms with Crippen molar-refractivity contribution in [2.45, 2.75) is 40.0 Å². The molecule has 1 aromatic rings. The van der Waals surface area contributed by atoms with Gasteiger partial charge in [0.2, 0.25) is 0 Å². The predicted octanol–water partition coefficient (Wildman–Crippen LogP) is 4.67. The molecule has 1 aliphatic rings. The average Bonchev–Trinajstić information content (AvgIpc) is 3.05. The molecule has 0 saturated heterocycles. The number of rotatable bonds is 8. The topological polar surface area (TPSA) is 53.4 Å². The first kappa shape index (κ1) is 19.8. The Balaban J connectivity index is 2.47. The Kier molecular flexibility index (Phi) is 6.61. The number of carbonyl (C=O) groups excluding carboxylic acids is 1. The summed E-state index contributed by atoms with van der Waals surface area (Å²) in [4.78, 5) is 12.5. The summed E-state index contributed by atoms with van der Waals surface area (Å²) in [5, 5.41) is 4.59. The number of nitrogens with zero attached hydrogens (tertiary/aromatic N) is 2. The summed E-state index contributed by atoms with van der Waals surface area (Å²) < 4.78 is 12.7. The van der Waals surface area contributed by atoms with Gasteiger partial charge in [0.1, 0.15) is 11.5 Å². The highest BCUT2D eigenvalue weighted by Gasteiger charge is 2.22. The van der Waals surface area contributed by atoms with Crippen molar-refractivity contribution in [3.8, 4) is 0 Å². The third-order valence-electron chi connectivity index (χ3n) is 4.70.